The fraction of sp³-hybridized carbons (Fsp3) is 0.500. The summed E-state index contributed by atoms with van der Waals surface area (Å²) >= 11 is 0. The Morgan fingerprint density at radius 2 is 2.00 bits per heavy atom. The van der Waals surface area contributed by atoms with Crippen LogP contribution in [-0.2, 0) is 0 Å². The number of ether oxygens (including phenoxy) is 2. The summed E-state index contributed by atoms with van der Waals surface area (Å²) in [5.74, 6) is -1.82. The summed E-state index contributed by atoms with van der Waals surface area (Å²) in [6, 6.07) is 1.30. The molecule has 0 aliphatic carbocycles. The predicted octanol–water partition coefficient (Wildman–Crippen LogP) is 2.41. The van der Waals surface area contributed by atoms with E-state index >= 15 is 0 Å². The molecule has 1 aromatic carbocycles. The van der Waals surface area contributed by atoms with Crippen LogP contribution in [0, 0.1) is 11.6 Å². The van der Waals surface area contributed by atoms with Crippen molar-refractivity contribution in [1.82, 2.24) is 5.32 Å². The van der Waals surface area contributed by atoms with Gasteiger partial charge >= 0.3 is 0 Å². The second kappa shape index (κ2) is 4.87. The molecule has 5 heteroatoms. The maximum Gasteiger partial charge on any atom is 0.209 e. The molecule has 1 aliphatic heterocycles. The summed E-state index contributed by atoms with van der Waals surface area (Å²) in [7, 11) is 2.59. The lowest BCUT2D eigenvalue weighted by molar-refractivity contribution is 0.329. The molecule has 1 aliphatic rings. The summed E-state index contributed by atoms with van der Waals surface area (Å²) in [6.07, 6.45) is 1.81. The van der Waals surface area contributed by atoms with Crippen LogP contribution in [0.4, 0.5) is 8.78 Å². The summed E-state index contributed by atoms with van der Waals surface area (Å²) < 4.78 is 37.4. The molecule has 17 heavy (non-hydrogen) atoms. The molecule has 0 aromatic heterocycles. The van der Waals surface area contributed by atoms with Crippen molar-refractivity contribution in [3.8, 4) is 11.5 Å². The Hall–Kier alpha value is -1.36. The van der Waals surface area contributed by atoms with Gasteiger partial charge in [0, 0.05) is 11.6 Å². The van der Waals surface area contributed by atoms with Crippen LogP contribution in [0.2, 0.25) is 0 Å². The number of rotatable bonds is 3. The van der Waals surface area contributed by atoms with Gasteiger partial charge in [-0.2, -0.15) is 4.39 Å². The molecule has 0 saturated carbocycles. The molecule has 0 amide bonds. The third-order valence-electron chi connectivity index (χ3n) is 3.01. The van der Waals surface area contributed by atoms with Gasteiger partial charge in [-0.15, -0.1) is 0 Å². The van der Waals surface area contributed by atoms with Crippen molar-refractivity contribution in [3.63, 3.8) is 0 Å². The van der Waals surface area contributed by atoms with Crippen molar-refractivity contribution in [3.05, 3.63) is 23.3 Å². The highest BCUT2D eigenvalue weighted by Gasteiger charge is 2.26. The number of nitrogens with one attached hydrogen (secondary N) is 1. The SMILES string of the molecule is COc1cc(C2CCCN2)c(F)c(OC)c1F. The van der Waals surface area contributed by atoms with E-state index in [4.69, 9.17) is 9.47 Å². The fourth-order valence-electron chi connectivity index (χ4n) is 2.14. The van der Waals surface area contributed by atoms with Crippen molar-refractivity contribution in [2.24, 2.45) is 0 Å². The molecule has 1 atom stereocenters. The van der Waals surface area contributed by atoms with Gasteiger partial charge in [0.2, 0.25) is 5.82 Å². The van der Waals surface area contributed by atoms with Gasteiger partial charge < -0.3 is 14.8 Å². The van der Waals surface area contributed by atoms with E-state index in [1.807, 2.05) is 0 Å². The molecule has 1 aromatic rings. The van der Waals surface area contributed by atoms with E-state index in [1.54, 1.807) is 0 Å². The second-order valence-corrected chi connectivity index (χ2v) is 3.98. The highest BCUT2D eigenvalue weighted by atomic mass is 19.1. The molecule has 0 radical (unpaired) electrons. The van der Waals surface area contributed by atoms with Crippen molar-refractivity contribution in [1.29, 1.82) is 0 Å². The quantitative estimate of drug-likeness (QED) is 0.884. The molecule has 1 unspecified atom stereocenters. The molecule has 1 saturated heterocycles. The zero-order valence-electron chi connectivity index (χ0n) is 9.85. The molecule has 0 bridgehead atoms. The van der Waals surface area contributed by atoms with Gasteiger partial charge in [-0.25, -0.2) is 4.39 Å². The maximum absolute atomic E-state index is 14.0. The summed E-state index contributed by atoms with van der Waals surface area (Å²) in [4.78, 5) is 0. The standard InChI is InChI=1S/C12H15F2NO2/c1-16-9-6-7(8-4-3-5-15-8)10(13)12(17-2)11(9)14/h6,8,15H,3-5H2,1-2H3. The molecule has 1 heterocycles. The largest absolute Gasteiger partial charge is 0.494 e. The number of hydrogen-bond acceptors (Lipinski definition) is 3. The van der Waals surface area contributed by atoms with Gasteiger partial charge in [0.25, 0.3) is 0 Å². The monoisotopic (exact) mass is 243 g/mol. The minimum absolute atomic E-state index is 0.00644. The average molecular weight is 243 g/mol. The van der Waals surface area contributed by atoms with Crippen LogP contribution in [0.5, 0.6) is 11.5 Å². The van der Waals surface area contributed by atoms with Crippen LogP contribution in [0.25, 0.3) is 0 Å². The van der Waals surface area contributed by atoms with E-state index in [0.29, 0.717) is 5.56 Å². The van der Waals surface area contributed by atoms with Gasteiger partial charge in [-0.05, 0) is 25.5 Å². The molecular formula is C12H15F2NO2. The normalized spacial score (nSPS) is 19.4. The van der Waals surface area contributed by atoms with E-state index < -0.39 is 11.6 Å². The Balaban J connectivity index is 2.50. The lowest BCUT2D eigenvalue weighted by Gasteiger charge is -2.16. The number of halogens is 2. The molecule has 1 N–H and O–H groups in total. The average Bonchev–Trinajstić information content (AvgIpc) is 2.83. The minimum Gasteiger partial charge on any atom is -0.494 e. The van der Waals surface area contributed by atoms with Gasteiger partial charge in [-0.1, -0.05) is 0 Å². The summed E-state index contributed by atoms with van der Waals surface area (Å²) in [6.45, 7) is 0.839. The Morgan fingerprint density at radius 1 is 1.24 bits per heavy atom. The predicted molar refractivity (Wildman–Crippen MR) is 59.4 cm³/mol. The minimum atomic E-state index is -0.797. The molecule has 3 nitrogen and oxygen atoms in total. The van der Waals surface area contributed by atoms with Crippen LogP contribution in [0.3, 0.4) is 0 Å². The van der Waals surface area contributed by atoms with E-state index in [0.717, 1.165) is 19.4 Å². The number of benzene rings is 1. The first-order chi connectivity index (χ1) is 8.19. The first kappa shape index (κ1) is 12.1. The molecule has 2 rings (SSSR count). The number of hydrogen-bond donors (Lipinski definition) is 1. The van der Waals surface area contributed by atoms with Gasteiger partial charge in [-0.3, -0.25) is 0 Å². The lowest BCUT2D eigenvalue weighted by atomic mass is 10.0. The van der Waals surface area contributed by atoms with E-state index in [1.165, 1.54) is 20.3 Å². The van der Waals surface area contributed by atoms with Crippen LogP contribution >= 0.6 is 0 Å². The topological polar surface area (TPSA) is 30.5 Å². The van der Waals surface area contributed by atoms with Crippen molar-refractivity contribution in [2.45, 2.75) is 18.9 Å². The third kappa shape index (κ3) is 2.07. The zero-order chi connectivity index (χ0) is 12.4. The smallest absolute Gasteiger partial charge is 0.209 e. The van der Waals surface area contributed by atoms with Crippen LogP contribution in [0.1, 0.15) is 24.4 Å². The van der Waals surface area contributed by atoms with E-state index in [2.05, 4.69) is 5.32 Å². The van der Waals surface area contributed by atoms with E-state index in [-0.39, 0.29) is 17.5 Å². The van der Waals surface area contributed by atoms with Gasteiger partial charge in [0.05, 0.1) is 14.2 Å². The summed E-state index contributed by atoms with van der Waals surface area (Å²) in [5.41, 5.74) is 0.401. The van der Waals surface area contributed by atoms with Crippen molar-refractivity contribution < 1.29 is 18.3 Å². The van der Waals surface area contributed by atoms with Crippen LogP contribution < -0.4 is 14.8 Å². The van der Waals surface area contributed by atoms with Gasteiger partial charge in [0.1, 0.15) is 0 Å². The Labute approximate surface area is 98.7 Å². The zero-order valence-corrected chi connectivity index (χ0v) is 9.85. The molecule has 94 valence electrons. The second-order valence-electron chi connectivity index (χ2n) is 3.98. The lowest BCUT2D eigenvalue weighted by Crippen LogP contribution is -2.15. The molecule has 1 fully saturated rings. The third-order valence-corrected chi connectivity index (χ3v) is 3.01. The fourth-order valence-corrected chi connectivity index (χ4v) is 2.14. The van der Waals surface area contributed by atoms with Crippen LogP contribution in [0.15, 0.2) is 6.07 Å². The van der Waals surface area contributed by atoms with Crippen molar-refractivity contribution in [2.75, 3.05) is 20.8 Å². The van der Waals surface area contributed by atoms with E-state index in [9.17, 15) is 8.78 Å². The first-order valence-corrected chi connectivity index (χ1v) is 5.52. The molecule has 0 spiro atoms. The van der Waals surface area contributed by atoms with Crippen LogP contribution in [-0.4, -0.2) is 20.8 Å². The Bertz CT molecular complexity index is 417. The van der Waals surface area contributed by atoms with Crippen molar-refractivity contribution >= 4 is 0 Å². The number of methoxy groups -OCH3 is 2. The summed E-state index contributed by atoms with van der Waals surface area (Å²) in [5, 5.41) is 3.16. The Kier molecular flexibility index (Phi) is 3.47. The Morgan fingerprint density at radius 3 is 2.53 bits per heavy atom. The first-order valence-electron chi connectivity index (χ1n) is 5.52. The highest BCUT2D eigenvalue weighted by Crippen LogP contribution is 2.37. The maximum atomic E-state index is 14.0. The highest BCUT2D eigenvalue weighted by molar-refractivity contribution is 5.43. The molecular weight excluding hydrogens is 228 g/mol. The van der Waals surface area contributed by atoms with Gasteiger partial charge in [0.15, 0.2) is 17.3 Å².